The van der Waals surface area contributed by atoms with E-state index in [1.807, 2.05) is 44.2 Å². The summed E-state index contributed by atoms with van der Waals surface area (Å²) >= 11 is 0. The molecule has 8 heteroatoms. The van der Waals surface area contributed by atoms with Gasteiger partial charge in [-0.3, -0.25) is 0 Å². The number of methoxy groups -OCH3 is 2. The van der Waals surface area contributed by atoms with Gasteiger partial charge in [0.25, 0.3) is 0 Å². The molecule has 0 fully saturated rings. The summed E-state index contributed by atoms with van der Waals surface area (Å²) in [6.45, 7) is 7.74. The van der Waals surface area contributed by atoms with E-state index in [9.17, 15) is 9.59 Å². The molecule has 0 bridgehead atoms. The van der Waals surface area contributed by atoms with Gasteiger partial charge in [0.2, 0.25) is 0 Å². The molecule has 182 valence electrons. The molecule has 34 heavy (non-hydrogen) atoms. The second-order valence-electron chi connectivity index (χ2n) is 8.51. The fraction of sp³-hybridized carbons (Fsp3) is 0.385. The van der Waals surface area contributed by atoms with Gasteiger partial charge in [-0.25, -0.2) is 9.59 Å². The number of benzene rings is 2. The van der Waals surface area contributed by atoms with Crippen LogP contribution in [-0.4, -0.2) is 32.3 Å². The van der Waals surface area contributed by atoms with Crippen molar-refractivity contribution in [1.82, 2.24) is 10.6 Å². The van der Waals surface area contributed by atoms with Crippen LogP contribution in [0.2, 0.25) is 0 Å². The van der Waals surface area contributed by atoms with Crippen LogP contribution in [0.4, 0.5) is 4.79 Å². The summed E-state index contributed by atoms with van der Waals surface area (Å²) in [6, 6.07) is 11.9. The van der Waals surface area contributed by atoms with Gasteiger partial charge in [0.05, 0.1) is 31.9 Å². The molecular formula is C26H32N2O6. The fourth-order valence-electron chi connectivity index (χ4n) is 3.66. The Morgan fingerprint density at radius 1 is 0.971 bits per heavy atom. The quantitative estimate of drug-likeness (QED) is 0.526. The second-order valence-corrected chi connectivity index (χ2v) is 8.51. The predicted molar refractivity (Wildman–Crippen MR) is 128 cm³/mol. The van der Waals surface area contributed by atoms with Crippen LogP contribution >= 0.6 is 0 Å². The van der Waals surface area contributed by atoms with Crippen molar-refractivity contribution in [3.8, 4) is 17.2 Å². The number of nitrogens with one attached hydrogen (secondary N) is 2. The monoisotopic (exact) mass is 468 g/mol. The molecule has 0 radical (unpaired) electrons. The summed E-state index contributed by atoms with van der Waals surface area (Å²) in [4.78, 5) is 25.4. The molecule has 3 rings (SSSR count). The summed E-state index contributed by atoms with van der Waals surface area (Å²) in [5.41, 5.74) is 2.56. The minimum Gasteiger partial charge on any atom is -0.497 e. The van der Waals surface area contributed by atoms with E-state index in [0.29, 0.717) is 34.9 Å². The molecular weight excluding hydrogens is 436 g/mol. The van der Waals surface area contributed by atoms with Crippen LogP contribution < -0.4 is 24.8 Å². The zero-order valence-corrected chi connectivity index (χ0v) is 20.4. The summed E-state index contributed by atoms with van der Waals surface area (Å²) < 4.78 is 22.2. The molecule has 1 aliphatic heterocycles. The number of carbonyl (C=O) groups is 2. The molecule has 0 saturated carbocycles. The smallest absolute Gasteiger partial charge is 0.338 e. The maximum Gasteiger partial charge on any atom is 0.338 e. The Bertz CT molecular complexity index is 1060. The number of hydrogen-bond donors (Lipinski definition) is 2. The van der Waals surface area contributed by atoms with Crippen LogP contribution in [0.3, 0.4) is 0 Å². The summed E-state index contributed by atoms with van der Waals surface area (Å²) in [7, 11) is 3.17. The number of esters is 1. The van der Waals surface area contributed by atoms with Crippen LogP contribution in [0.25, 0.3) is 0 Å². The highest BCUT2D eigenvalue weighted by Crippen LogP contribution is 2.36. The molecule has 0 saturated heterocycles. The first-order valence-electron chi connectivity index (χ1n) is 11.2. The molecule has 0 aromatic heterocycles. The van der Waals surface area contributed by atoms with E-state index in [0.717, 1.165) is 11.3 Å². The van der Waals surface area contributed by atoms with Crippen LogP contribution in [0.1, 0.15) is 44.9 Å². The molecule has 0 aliphatic carbocycles. The zero-order chi connectivity index (χ0) is 24.8. The van der Waals surface area contributed by atoms with Crippen LogP contribution in [-0.2, 0) is 16.1 Å². The molecule has 1 aliphatic rings. The van der Waals surface area contributed by atoms with Gasteiger partial charge in [-0.2, -0.15) is 0 Å². The predicted octanol–water partition coefficient (Wildman–Crippen LogP) is 4.50. The number of amides is 2. The van der Waals surface area contributed by atoms with Crippen molar-refractivity contribution in [2.45, 2.75) is 46.4 Å². The topological polar surface area (TPSA) is 95.1 Å². The first-order valence-corrected chi connectivity index (χ1v) is 11.2. The van der Waals surface area contributed by atoms with Crippen molar-refractivity contribution in [3.63, 3.8) is 0 Å². The van der Waals surface area contributed by atoms with Crippen LogP contribution in [0, 0.1) is 5.92 Å². The normalized spacial score (nSPS) is 15.6. The number of carbonyl (C=O) groups excluding carboxylic acids is 2. The number of allylic oxidation sites excluding steroid dienone is 1. The van der Waals surface area contributed by atoms with E-state index in [4.69, 9.17) is 18.9 Å². The summed E-state index contributed by atoms with van der Waals surface area (Å²) in [5, 5.41) is 5.61. The van der Waals surface area contributed by atoms with Gasteiger partial charge >= 0.3 is 12.0 Å². The zero-order valence-electron chi connectivity index (χ0n) is 20.4. The number of hydrogen-bond acceptors (Lipinski definition) is 6. The lowest BCUT2D eigenvalue weighted by molar-refractivity contribution is -0.143. The van der Waals surface area contributed by atoms with E-state index in [2.05, 4.69) is 10.6 Å². The molecule has 2 aromatic rings. The van der Waals surface area contributed by atoms with E-state index in [1.165, 1.54) is 0 Å². The number of ether oxygens (including phenoxy) is 4. The van der Waals surface area contributed by atoms with E-state index < -0.39 is 12.0 Å². The van der Waals surface area contributed by atoms with Gasteiger partial charge in [-0.15, -0.1) is 0 Å². The minimum absolute atomic E-state index is 0.0859. The van der Waals surface area contributed by atoms with Gasteiger partial charge in [0.15, 0.2) is 11.5 Å². The lowest BCUT2D eigenvalue weighted by atomic mass is 9.91. The Morgan fingerprint density at radius 2 is 1.68 bits per heavy atom. The Hall–Kier alpha value is -3.68. The van der Waals surface area contributed by atoms with Gasteiger partial charge in [0.1, 0.15) is 12.4 Å². The first-order chi connectivity index (χ1) is 16.2. The average Bonchev–Trinajstić information content (AvgIpc) is 2.81. The van der Waals surface area contributed by atoms with Crippen molar-refractivity contribution in [2.75, 3.05) is 14.2 Å². The Morgan fingerprint density at radius 3 is 2.26 bits per heavy atom. The summed E-state index contributed by atoms with van der Waals surface area (Å²) in [6.07, 6.45) is -0.296. The number of urea groups is 1. The molecule has 2 amide bonds. The highest BCUT2D eigenvalue weighted by Gasteiger charge is 2.35. The van der Waals surface area contributed by atoms with E-state index in [-0.39, 0.29) is 18.1 Å². The second kappa shape index (κ2) is 11.0. The lowest BCUT2D eigenvalue weighted by Crippen LogP contribution is -2.47. The van der Waals surface area contributed by atoms with Crippen LogP contribution in [0.5, 0.6) is 17.2 Å². The fourth-order valence-corrected chi connectivity index (χ4v) is 3.66. The molecule has 2 N–H and O–H groups in total. The van der Waals surface area contributed by atoms with Crippen molar-refractivity contribution in [1.29, 1.82) is 0 Å². The Balaban J connectivity index is 1.91. The van der Waals surface area contributed by atoms with Gasteiger partial charge in [0, 0.05) is 5.70 Å². The average molecular weight is 469 g/mol. The Kier molecular flexibility index (Phi) is 8.04. The van der Waals surface area contributed by atoms with Gasteiger partial charge < -0.3 is 29.6 Å². The van der Waals surface area contributed by atoms with Crippen molar-refractivity contribution >= 4 is 12.0 Å². The molecule has 1 atom stereocenters. The van der Waals surface area contributed by atoms with E-state index in [1.54, 1.807) is 40.2 Å². The van der Waals surface area contributed by atoms with Crippen molar-refractivity contribution in [3.05, 3.63) is 64.9 Å². The highest BCUT2D eigenvalue weighted by molar-refractivity contribution is 5.95. The van der Waals surface area contributed by atoms with Crippen LogP contribution in [0.15, 0.2) is 53.7 Å². The van der Waals surface area contributed by atoms with E-state index >= 15 is 0 Å². The first kappa shape index (κ1) is 25.0. The largest absolute Gasteiger partial charge is 0.497 e. The maximum atomic E-state index is 13.0. The summed E-state index contributed by atoms with van der Waals surface area (Å²) in [5.74, 6) is 1.24. The molecule has 0 spiro atoms. The third-order valence-electron chi connectivity index (χ3n) is 5.32. The Labute approximate surface area is 200 Å². The third kappa shape index (κ3) is 5.81. The molecule has 2 aromatic carbocycles. The highest BCUT2D eigenvalue weighted by atomic mass is 16.5. The van der Waals surface area contributed by atoms with Crippen molar-refractivity contribution in [2.24, 2.45) is 5.92 Å². The lowest BCUT2D eigenvalue weighted by Gasteiger charge is -2.31. The van der Waals surface area contributed by atoms with Crippen molar-refractivity contribution < 1.29 is 28.5 Å². The molecule has 8 nitrogen and oxygen atoms in total. The maximum absolute atomic E-state index is 13.0. The number of rotatable bonds is 9. The van der Waals surface area contributed by atoms with Gasteiger partial charge in [-0.1, -0.05) is 32.0 Å². The third-order valence-corrected chi connectivity index (χ3v) is 5.32. The SMILES string of the molecule is COc1ccc(COc2ccc(C3NC(=O)NC(C(C)C)=C3C(=O)OC(C)C)cc2OC)cc1. The standard InChI is InChI=1S/C26H32N2O6/c1-15(2)23-22(25(29)34-16(3)4)24(28-26(30)27-23)18-9-12-20(21(13-18)32-6)33-14-17-7-10-19(31-5)11-8-17/h7-13,15-16,24H,14H2,1-6H3,(H2,27,28,30). The minimum atomic E-state index is -0.693. The molecule has 1 unspecified atom stereocenters. The molecule has 1 heterocycles. The van der Waals surface area contributed by atoms with Gasteiger partial charge in [-0.05, 0) is 55.2 Å².